The van der Waals surface area contributed by atoms with E-state index in [1.807, 2.05) is 97.1 Å². The second-order valence-electron chi connectivity index (χ2n) is 41.1. The van der Waals surface area contributed by atoms with Gasteiger partial charge in [0.1, 0.15) is 23.0 Å². The van der Waals surface area contributed by atoms with Crippen LogP contribution in [0.5, 0.6) is 23.0 Å². The van der Waals surface area contributed by atoms with Crippen LogP contribution < -0.4 is 40.2 Å². The molecule has 0 bridgehead atoms. The van der Waals surface area contributed by atoms with E-state index in [1.165, 1.54) is 102 Å². The van der Waals surface area contributed by atoms with Crippen molar-refractivity contribution in [3.8, 4) is 23.0 Å². The molecule has 4 aliphatic carbocycles. The summed E-state index contributed by atoms with van der Waals surface area (Å²) in [6.45, 7) is 21.9. The standard InChI is InChI=1S/2C28H35ClN2O3.2C27H33ClN2O2/c1-19-11-14-31(17-26(32)28(12-2-13-28)22-5-7-23(29)8-6-22)16-21(19)18-34-24-9-3-20-4-10-27(33)30-25(20)15-24;1-19-3-4-20(18-34-24-11-5-21-6-12-27(33)30-25(21)15-24)16-31(19)17-26(32)28(13-2-14-28)22-7-9-23(29)10-8-22;1-19-11-14-30(18-27(12-2-13-27)22-5-7-23(28)8-6-22)16-21(19)17-32-24-9-3-20-4-10-26(31)29-25(20)15-24;1-19-3-4-20(17-32-24-11-5-21-6-12-26(31)29-25(21)15-24)16-30(19)18-27(13-2-14-27)22-7-9-23(28)10-8-22/h3,5-9,15,19,21,26,32H,2,4,10-14,16-18H2,1H3,(H,30,33);5,7-11,15,19-20,26,32H,2-4,6,12-14,16-18H2,1H3,(H,30,33);3,5-9,15,19,21H,2,4,10-14,16-18H2,1H3,(H,29,31);5,7-11,15,19-20H,2-4,6,12-14,16-18H2,1H3,(H,29,31). The Morgan fingerprint density at radius 2 is 0.667 bits per heavy atom. The number of aliphatic hydroxyl groups is 2. The van der Waals surface area contributed by atoms with Crippen molar-refractivity contribution in [2.45, 2.75) is 241 Å². The second-order valence-corrected chi connectivity index (χ2v) is 42.8. The number of nitrogens with zero attached hydrogens (tertiary/aromatic N) is 4. The summed E-state index contributed by atoms with van der Waals surface area (Å²) >= 11 is 24.5. The predicted octanol–water partition coefficient (Wildman–Crippen LogP) is 21.7. The molecule has 0 aromatic heterocycles. The van der Waals surface area contributed by atoms with Gasteiger partial charge in [0.05, 0.1) is 38.6 Å². The number of rotatable bonds is 26. The summed E-state index contributed by atoms with van der Waals surface area (Å²) in [6, 6.07) is 58.5. The summed E-state index contributed by atoms with van der Waals surface area (Å²) in [7, 11) is 0. The molecule has 132 heavy (non-hydrogen) atoms. The fourth-order valence-electron chi connectivity index (χ4n) is 22.9. The Bertz CT molecular complexity index is 5280. The van der Waals surface area contributed by atoms with Gasteiger partial charge in [0.25, 0.3) is 0 Å². The number of hydrogen-bond donors (Lipinski definition) is 6. The van der Waals surface area contributed by atoms with E-state index >= 15 is 0 Å². The van der Waals surface area contributed by atoms with Gasteiger partial charge in [-0.2, -0.15) is 0 Å². The molecule has 0 radical (unpaired) electrons. The van der Waals surface area contributed by atoms with Crippen molar-refractivity contribution in [2.24, 2.45) is 35.5 Å². The van der Waals surface area contributed by atoms with Crippen LogP contribution in [0.25, 0.3) is 0 Å². The van der Waals surface area contributed by atoms with Crippen molar-refractivity contribution < 1.29 is 48.3 Å². The third-order valence-corrected chi connectivity index (χ3v) is 33.4. The van der Waals surface area contributed by atoms with E-state index in [2.05, 4.69) is 141 Å². The zero-order valence-electron chi connectivity index (χ0n) is 77.7. The molecule has 22 heteroatoms. The van der Waals surface area contributed by atoms with E-state index in [1.54, 1.807) is 0 Å². The number of β-amino-alcohol motifs (C(OH)–C–C–N with tert-alkyl or cyclic N) is 2. The van der Waals surface area contributed by atoms with Crippen LogP contribution >= 0.6 is 46.4 Å². The Morgan fingerprint density at radius 1 is 0.348 bits per heavy atom. The highest BCUT2D eigenvalue weighted by atomic mass is 35.5. The third-order valence-electron chi connectivity index (χ3n) is 32.4. The zero-order chi connectivity index (χ0) is 91.7. The predicted molar refractivity (Wildman–Crippen MR) is 530 cm³/mol. The van der Waals surface area contributed by atoms with Gasteiger partial charge in [-0.15, -0.1) is 0 Å². The molecule has 12 aliphatic rings. The molecule has 10 unspecified atom stereocenters. The van der Waals surface area contributed by atoms with Crippen LogP contribution in [0.4, 0.5) is 22.7 Å². The van der Waals surface area contributed by atoms with Crippen molar-refractivity contribution >= 4 is 92.8 Å². The van der Waals surface area contributed by atoms with E-state index in [4.69, 9.17) is 65.4 Å². The average Bonchev–Trinajstić information content (AvgIpc) is 0.769. The molecule has 8 aromatic rings. The first kappa shape index (κ1) is 95.5. The van der Waals surface area contributed by atoms with Crippen molar-refractivity contribution in [1.29, 1.82) is 0 Å². The third kappa shape index (κ3) is 23.0. The number of carbonyl (C=O) groups is 4. The lowest BCUT2D eigenvalue weighted by molar-refractivity contribution is -0.117. The first-order valence-corrected chi connectivity index (χ1v) is 50.9. The van der Waals surface area contributed by atoms with E-state index in [-0.39, 0.29) is 51.4 Å². The quantitative estimate of drug-likeness (QED) is 0.0298. The molecule has 4 saturated carbocycles. The van der Waals surface area contributed by atoms with Crippen LogP contribution in [0.15, 0.2) is 170 Å². The lowest BCUT2D eigenvalue weighted by Crippen LogP contribution is -2.54. The molecule has 8 fully saturated rings. The minimum Gasteiger partial charge on any atom is -0.493 e. The average molecular weight is 1870 g/mol. The normalized spacial score (nSPS) is 25.0. The van der Waals surface area contributed by atoms with Crippen LogP contribution in [0.2, 0.25) is 20.1 Å². The van der Waals surface area contributed by atoms with Crippen LogP contribution in [0, 0.1) is 35.5 Å². The van der Waals surface area contributed by atoms with E-state index in [9.17, 15) is 29.4 Å². The van der Waals surface area contributed by atoms with Gasteiger partial charge in [0.2, 0.25) is 23.6 Å². The SMILES string of the molecule is CC1CCC(COc2ccc3c(c2)NC(=O)CC3)CN1CC(O)C1(c2ccc(Cl)cc2)CCC1.CC1CCC(COc2ccc3c(c2)NC(=O)CC3)CN1CC1(c2ccc(Cl)cc2)CCC1.CC1CCN(CC(O)C2(c3ccc(Cl)cc3)CCC2)CC1COc1ccc2c(c1)NC(=O)CC2.CC1CCN(CC2(c3ccc(Cl)cc3)CCC2)CC1COc1ccc2c(c1)NC(=O)CC2. The highest BCUT2D eigenvalue weighted by Gasteiger charge is 2.49. The van der Waals surface area contributed by atoms with Crippen LogP contribution in [-0.2, 0) is 66.5 Å². The molecule has 4 saturated heterocycles. The number of likely N-dealkylation sites (tertiary alicyclic amines) is 4. The molecule has 6 N–H and O–H groups in total. The molecule has 10 atom stereocenters. The van der Waals surface area contributed by atoms with Gasteiger partial charge >= 0.3 is 0 Å². The molecule has 20 rings (SSSR count). The largest absolute Gasteiger partial charge is 0.493 e. The number of nitrogens with one attached hydrogen (secondary N) is 4. The van der Waals surface area contributed by atoms with E-state index in [0.717, 1.165) is 215 Å². The number of hydrogen-bond acceptors (Lipinski definition) is 14. The van der Waals surface area contributed by atoms with Crippen LogP contribution in [0.1, 0.15) is 213 Å². The number of carbonyl (C=O) groups excluding carboxylic acids is 4. The number of aryl methyl sites for hydroxylation is 4. The Balaban J connectivity index is 0.000000123. The number of piperidine rings is 4. The van der Waals surface area contributed by atoms with E-state index in [0.29, 0.717) is 99.6 Å². The first-order valence-electron chi connectivity index (χ1n) is 49.4. The summed E-state index contributed by atoms with van der Waals surface area (Å²) in [4.78, 5) is 57.1. The number of benzene rings is 8. The van der Waals surface area contributed by atoms with Gasteiger partial charge in [-0.3, -0.25) is 29.0 Å². The number of amides is 4. The fourth-order valence-corrected chi connectivity index (χ4v) is 23.4. The first-order chi connectivity index (χ1) is 63.9. The molecule has 0 spiro atoms. The summed E-state index contributed by atoms with van der Waals surface area (Å²) < 4.78 is 24.8. The van der Waals surface area contributed by atoms with Gasteiger partial charge in [-0.1, -0.05) is 159 Å². The Morgan fingerprint density at radius 3 is 1.02 bits per heavy atom. The van der Waals surface area contributed by atoms with E-state index < -0.39 is 6.10 Å². The fraction of sp³-hybridized carbons (Fsp3) is 0.527. The second kappa shape index (κ2) is 43.0. The van der Waals surface area contributed by atoms with Gasteiger partial charge in [-0.05, 0) is 272 Å². The number of anilines is 4. The molecule has 8 heterocycles. The number of aliphatic hydroxyl groups excluding tert-OH is 2. The highest BCUT2D eigenvalue weighted by molar-refractivity contribution is 6.31. The van der Waals surface area contributed by atoms with Crippen molar-refractivity contribution in [3.63, 3.8) is 0 Å². The van der Waals surface area contributed by atoms with Gasteiger partial charge in [-0.25, -0.2) is 0 Å². The monoisotopic (exact) mass is 1870 g/mol. The molecule has 4 amide bonds. The maximum Gasteiger partial charge on any atom is 0.224 e. The van der Waals surface area contributed by atoms with Crippen LogP contribution in [-0.4, -0.2) is 170 Å². The highest BCUT2D eigenvalue weighted by Crippen LogP contribution is 2.52. The summed E-state index contributed by atoms with van der Waals surface area (Å²) in [5.41, 5.74) is 13.9. The molecular weight excluding hydrogens is 1740 g/mol. The Hall–Kier alpha value is -8.24. The summed E-state index contributed by atoms with van der Waals surface area (Å²) in [5.74, 6) is 6.73. The molecule has 18 nitrogen and oxygen atoms in total. The van der Waals surface area contributed by atoms with Crippen molar-refractivity contribution in [1.82, 2.24) is 19.6 Å². The van der Waals surface area contributed by atoms with Gasteiger partial charge in [0, 0.05) is 203 Å². The smallest absolute Gasteiger partial charge is 0.224 e. The molecule has 704 valence electrons. The number of ether oxygens (including phenoxy) is 4. The molecular formula is C110H136Cl4N8O10. The topological polar surface area (TPSA) is 207 Å². The Kier molecular flexibility index (Phi) is 31.1. The lowest BCUT2D eigenvalue weighted by atomic mass is 9.61. The minimum absolute atomic E-state index is 0.0718. The minimum atomic E-state index is -0.395. The van der Waals surface area contributed by atoms with Gasteiger partial charge in [0.15, 0.2) is 0 Å². The van der Waals surface area contributed by atoms with Gasteiger partial charge < -0.3 is 60.2 Å². The summed E-state index contributed by atoms with van der Waals surface area (Å²) in [5, 5.41) is 37.7. The molecule has 8 aromatic carbocycles. The lowest BCUT2D eigenvalue weighted by Gasteiger charge is -2.49. The van der Waals surface area contributed by atoms with Crippen LogP contribution in [0.3, 0.4) is 0 Å². The maximum atomic E-state index is 11.7. The maximum absolute atomic E-state index is 11.7. The number of fused-ring (bicyclic) bond motifs is 4. The Labute approximate surface area is 802 Å². The summed E-state index contributed by atoms with van der Waals surface area (Å²) in [6.07, 6.45) is 25.7. The molecule has 8 aliphatic heterocycles. The zero-order valence-corrected chi connectivity index (χ0v) is 80.7. The van der Waals surface area contributed by atoms with Crippen molar-refractivity contribution in [3.05, 3.63) is 234 Å². The van der Waals surface area contributed by atoms with Crippen molar-refractivity contribution in [2.75, 3.05) is 113 Å². The number of halogens is 4.